The summed E-state index contributed by atoms with van der Waals surface area (Å²) in [5.74, 6) is -1.75. The molecule has 3 unspecified atom stereocenters. The Morgan fingerprint density at radius 3 is 2.70 bits per heavy atom. The van der Waals surface area contributed by atoms with E-state index < -0.39 is 34.6 Å². The predicted molar refractivity (Wildman–Crippen MR) is 104 cm³/mol. The van der Waals surface area contributed by atoms with E-state index in [2.05, 4.69) is 11.9 Å². The second-order valence-electron chi connectivity index (χ2n) is 6.36. The first-order chi connectivity index (χ1) is 12.8. The molecule has 27 heavy (non-hydrogen) atoms. The Bertz CT molecular complexity index is 712. The number of aliphatic hydroxyl groups is 1. The molecule has 1 heterocycles. The molecule has 1 saturated heterocycles. The lowest BCUT2D eigenvalue weighted by molar-refractivity contribution is -0.146. The predicted octanol–water partition coefficient (Wildman–Crippen LogP) is 0.242. The molecule has 1 fully saturated rings. The summed E-state index contributed by atoms with van der Waals surface area (Å²) >= 11 is 1.11. The molecule has 0 bridgehead atoms. The number of nitrogens with one attached hydrogen (secondary N) is 1. The van der Waals surface area contributed by atoms with Crippen LogP contribution in [0.15, 0.2) is 43.0 Å². The first-order valence-corrected chi connectivity index (χ1v) is 9.48. The van der Waals surface area contributed by atoms with Crippen LogP contribution in [0.1, 0.15) is 12.5 Å². The molecule has 1 radical (unpaired) electrons. The number of nitrogens with zero attached hydrogens (tertiary/aromatic N) is 1. The van der Waals surface area contributed by atoms with Crippen molar-refractivity contribution in [1.29, 1.82) is 0 Å². The van der Waals surface area contributed by atoms with Gasteiger partial charge in [0.2, 0.25) is 11.8 Å². The number of hydrogen-bond donors (Lipinski definition) is 3. The van der Waals surface area contributed by atoms with Gasteiger partial charge in [-0.2, -0.15) is 0 Å². The molecule has 2 rings (SSSR count). The summed E-state index contributed by atoms with van der Waals surface area (Å²) in [7, 11) is 0. The fourth-order valence-corrected chi connectivity index (χ4v) is 4.06. The maximum atomic E-state index is 12.7. The van der Waals surface area contributed by atoms with Crippen LogP contribution in [0.4, 0.5) is 0 Å². The Hall–Kier alpha value is -2.32. The van der Waals surface area contributed by atoms with E-state index in [0.717, 1.165) is 17.3 Å². The third-order valence-corrected chi connectivity index (χ3v) is 5.88. The van der Waals surface area contributed by atoms with Gasteiger partial charge in [-0.1, -0.05) is 36.4 Å². The maximum Gasteiger partial charge on any atom is 0.253 e. The second-order valence-corrected chi connectivity index (χ2v) is 7.75. The normalized spacial score (nSPS) is 22.9. The van der Waals surface area contributed by atoms with Crippen LogP contribution in [0.25, 0.3) is 0 Å². The van der Waals surface area contributed by atoms with Gasteiger partial charge >= 0.3 is 0 Å². The minimum atomic E-state index is -1.39. The van der Waals surface area contributed by atoms with Crippen molar-refractivity contribution in [2.75, 3.05) is 12.4 Å². The standard InChI is InChI=1S/C19H24N3O4S/c1-3-11-21-16(24)15-19(2,18(20)26)27-12-22(15)17(25)14(23)10-9-13-7-5-4-6-8-13/h3-8,10,14-15,23H,1,9,11-12H2,2H3,(H2,20,26)(H,21,24). The number of rotatable bonds is 8. The second kappa shape index (κ2) is 9.05. The molecule has 3 atom stereocenters. The van der Waals surface area contributed by atoms with Crippen molar-refractivity contribution in [1.82, 2.24) is 10.2 Å². The van der Waals surface area contributed by atoms with Gasteiger partial charge in [-0.25, -0.2) is 0 Å². The van der Waals surface area contributed by atoms with E-state index in [1.54, 1.807) is 0 Å². The van der Waals surface area contributed by atoms with E-state index in [4.69, 9.17) is 5.73 Å². The molecule has 145 valence electrons. The van der Waals surface area contributed by atoms with Crippen LogP contribution < -0.4 is 11.1 Å². The highest BCUT2D eigenvalue weighted by Crippen LogP contribution is 2.40. The number of carbonyl (C=O) groups excluding carboxylic acids is 3. The van der Waals surface area contributed by atoms with Crippen LogP contribution in [-0.4, -0.2) is 57.0 Å². The molecule has 4 N–H and O–H groups in total. The molecule has 7 nitrogen and oxygen atoms in total. The minimum absolute atomic E-state index is 0.0840. The zero-order valence-electron chi connectivity index (χ0n) is 15.1. The summed E-state index contributed by atoms with van der Waals surface area (Å²) in [6.07, 6.45) is 1.97. The van der Waals surface area contributed by atoms with Gasteiger partial charge in [-0.15, -0.1) is 18.3 Å². The summed E-state index contributed by atoms with van der Waals surface area (Å²) in [6.45, 7) is 5.26. The van der Waals surface area contributed by atoms with E-state index in [9.17, 15) is 19.5 Å². The molecule has 0 saturated carbocycles. The lowest BCUT2D eigenvalue weighted by Crippen LogP contribution is -2.59. The fraction of sp³-hybridized carbons (Fsp3) is 0.368. The molecule has 0 aromatic heterocycles. The Morgan fingerprint density at radius 1 is 1.44 bits per heavy atom. The minimum Gasteiger partial charge on any atom is -0.383 e. The third kappa shape index (κ3) is 4.70. The number of benzene rings is 1. The number of nitrogens with two attached hydrogens (primary N) is 1. The van der Waals surface area contributed by atoms with E-state index >= 15 is 0 Å². The highest BCUT2D eigenvalue weighted by Gasteiger charge is 2.55. The van der Waals surface area contributed by atoms with Gasteiger partial charge in [0.25, 0.3) is 5.91 Å². The Morgan fingerprint density at radius 2 is 2.11 bits per heavy atom. The maximum absolute atomic E-state index is 12.7. The van der Waals surface area contributed by atoms with Gasteiger partial charge in [-0.05, 0) is 18.9 Å². The van der Waals surface area contributed by atoms with E-state index in [1.807, 2.05) is 30.3 Å². The van der Waals surface area contributed by atoms with E-state index in [0.29, 0.717) is 6.42 Å². The number of thioether (sulfide) groups is 1. The number of carbonyl (C=O) groups is 3. The van der Waals surface area contributed by atoms with Crippen LogP contribution in [0, 0.1) is 6.42 Å². The van der Waals surface area contributed by atoms with Gasteiger partial charge in [-0.3, -0.25) is 14.4 Å². The van der Waals surface area contributed by atoms with Crippen molar-refractivity contribution >= 4 is 29.5 Å². The van der Waals surface area contributed by atoms with Gasteiger partial charge in [0.15, 0.2) is 0 Å². The molecule has 8 heteroatoms. The Kier molecular flexibility index (Phi) is 7.04. The number of amides is 3. The lowest BCUT2D eigenvalue weighted by Gasteiger charge is -2.31. The van der Waals surface area contributed by atoms with Crippen molar-refractivity contribution < 1.29 is 19.5 Å². The average molecular weight is 390 g/mol. The number of primary amides is 1. The van der Waals surface area contributed by atoms with Crippen molar-refractivity contribution in [2.24, 2.45) is 5.73 Å². The SMILES string of the molecule is C=CCNC(=O)C1N(C(=O)C(O)[CH]Cc2ccccc2)CSC1(C)C(N)=O. The number of hydrogen-bond acceptors (Lipinski definition) is 5. The molecule has 3 amide bonds. The highest BCUT2D eigenvalue weighted by atomic mass is 32.2. The quantitative estimate of drug-likeness (QED) is 0.551. The molecule has 0 spiro atoms. The van der Waals surface area contributed by atoms with E-state index in [1.165, 1.54) is 24.3 Å². The van der Waals surface area contributed by atoms with Crippen LogP contribution in [0.5, 0.6) is 0 Å². The summed E-state index contributed by atoms with van der Waals surface area (Å²) in [5, 5.41) is 12.9. The van der Waals surface area contributed by atoms with Crippen molar-refractivity contribution in [3.8, 4) is 0 Å². The average Bonchev–Trinajstić information content (AvgIpc) is 3.03. The first-order valence-electron chi connectivity index (χ1n) is 8.49. The van der Waals surface area contributed by atoms with Gasteiger partial charge in [0.1, 0.15) is 16.9 Å². The fourth-order valence-electron chi connectivity index (χ4n) is 2.84. The van der Waals surface area contributed by atoms with Crippen molar-refractivity contribution in [3.63, 3.8) is 0 Å². The van der Waals surface area contributed by atoms with Crippen molar-refractivity contribution in [2.45, 2.75) is 30.2 Å². The summed E-state index contributed by atoms with van der Waals surface area (Å²) in [6, 6.07) is 8.28. The monoisotopic (exact) mass is 390 g/mol. The van der Waals surface area contributed by atoms with Crippen LogP contribution >= 0.6 is 11.8 Å². The Labute approximate surface area is 163 Å². The zero-order chi connectivity index (χ0) is 20.0. The van der Waals surface area contributed by atoms with Crippen LogP contribution in [0.2, 0.25) is 0 Å². The zero-order valence-corrected chi connectivity index (χ0v) is 15.9. The van der Waals surface area contributed by atoms with Gasteiger partial charge < -0.3 is 21.1 Å². The molecule has 1 aliphatic rings. The first kappa shape index (κ1) is 21.0. The lowest BCUT2D eigenvalue weighted by atomic mass is 9.97. The van der Waals surface area contributed by atoms with Gasteiger partial charge in [0.05, 0.1) is 5.88 Å². The summed E-state index contributed by atoms with van der Waals surface area (Å²) < 4.78 is -1.28. The molecule has 1 aliphatic heterocycles. The summed E-state index contributed by atoms with van der Waals surface area (Å²) in [4.78, 5) is 38.5. The number of aliphatic hydroxyl groups excluding tert-OH is 1. The van der Waals surface area contributed by atoms with Crippen LogP contribution in [-0.2, 0) is 20.8 Å². The van der Waals surface area contributed by atoms with E-state index in [-0.39, 0.29) is 12.4 Å². The highest BCUT2D eigenvalue weighted by molar-refractivity contribution is 8.01. The molecular weight excluding hydrogens is 366 g/mol. The summed E-state index contributed by atoms with van der Waals surface area (Å²) in [5.41, 5.74) is 6.44. The Balaban J connectivity index is 2.13. The van der Waals surface area contributed by atoms with Gasteiger partial charge in [0, 0.05) is 13.0 Å². The van der Waals surface area contributed by atoms with Crippen molar-refractivity contribution in [3.05, 3.63) is 55.0 Å². The molecule has 1 aromatic rings. The van der Waals surface area contributed by atoms with Crippen LogP contribution in [0.3, 0.4) is 0 Å². The molecular formula is C19H24N3O4S. The topological polar surface area (TPSA) is 113 Å². The third-order valence-electron chi connectivity index (χ3n) is 4.45. The molecule has 1 aromatic carbocycles. The molecule has 0 aliphatic carbocycles. The smallest absolute Gasteiger partial charge is 0.253 e. The largest absolute Gasteiger partial charge is 0.383 e.